The largest absolute Gasteiger partial charge is 0.497 e. The Labute approximate surface area is 188 Å². The van der Waals surface area contributed by atoms with E-state index in [0.717, 1.165) is 24.8 Å². The Kier molecular flexibility index (Phi) is 6.53. The maximum absolute atomic E-state index is 13.4. The quantitative estimate of drug-likeness (QED) is 0.605. The van der Waals surface area contributed by atoms with E-state index in [4.69, 9.17) is 4.74 Å². The molecule has 0 bridgehead atoms. The van der Waals surface area contributed by atoms with Crippen LogP contribution in [0.15, 0.2) is 78.0 Å². The average Bonchev–Trinajstić information content (AvgIpc) is 2.85. The van der Waals surface area contributed by atoms with Gasteiger partial charge in [0.25, 0.3) is 5.91 Å². The lowest BCUT2D eigenvalue weighted by Crippen LogP contribution is -2.38. The predicted octanol–water partition coefficient (Wildman–Crippen LogP) is 4.26. The van der Waals surface area contributed by atoms with Gasteiger partial charge in [-0.2, -0.15) is 4.31 Å². The molecule has 1 saturated heterocycles. The Morgan fingerprint density at radius 2 is 1.91 bits per heavy atom. The fourth-order valence-electron chi connectivity index (χ4n) is 3.91. The van der Waals surface area contributed by atoms with Crippen LogP contribution >= 0.6 is 0 Å². The van der Waals surface area contributed by atoms with Crippen molar-refractivity contribution in [1.29, 1.82) is 0 Å². The van der Waals surface area contributed by atoms with E-state index in [1.807, 2.05) is 12.1 Å². The van der Waals surface area contributed by atoms with Gasteiger partial charge in [-0.1, -0.05) is 18.6 Å². The monoisotopic (exact) mass is 451 g/mol. The smallest absolute Gasteiger partial charge is 0.255 e. The molecule has 7 nitrogen and oxygen atoms in total. The normalized spacial score (nSPS) is 17.0. The number of carbonyl (C=O) groups is 1. The second-order valence-electron chi connectivity index (χ2n) is 7.62. The Morgan fingerprint density at radius 3 is 2.62 bits per heavy atom. The zero-order chi connectivity index (χ0) is 22.6. The number of rotatable bonds is 6. The van der Waals surface area contributed by atoms with Gasteiger partial charge in [-0.3, -0.25) is 9.78 Å². The lowest BCUT2D eigenvalue weighted by Gasteiger charge is -2.34. The van der Waals surface area contributed by atoms with Gasteiger partial charge in [0.2, 0.25) is 10.0 Å². The maximum atomic E-state index is 13.4. The summed E-state index contributed by atoms with van der Waals surface area (Å²) >= 11 is 0. The molecule has 2 aromatic carbocycles. The molecule has 32 heavy (non-hydrogen) atoms. The lowest BCUT2D eigenvalue weighted by molar-refractivity contribution is 0.102. The molecule has 1 fully saturated rings. The highest BCUT2D eigenvalue weighted by Crippen LogP contribution is 2.35. The van der Waals surface area contributed by atoms with Crippen LogP contribution in [-0.2, 0) is 10.0 Å². The van der Waals surface area contributed by atoms with Crippen molar-refractivity contribution in [1.82, 2.24) is 9.29 Å². The van der Waals surface area contributed by atoms with Crippen molar-refractivity contribution >= 4 is 21.6 Å². The van der Waals surface area contributed by atoms with Crippen LogP contribution in [0, 0.1) is 0 Å². The van der Waals surface area contributed by atoms with E-state index in [2.05, 4.69) is 10.3 Å². The lowest BCUT2D eigenvalue weighted by atomic mass is 9.99. The topological polar surface area (TPSA) is 88.6 Å². The molecule has 0 radical (unpaired) electrons. The van der Waals surface area contributed by atoms with Crippen LogP contribution in [0.4, 0.5) is 5.69 Å². The molecule has 1 unspecified atom stereocenters. The molecule has 0 aliphatic carbocycles. The molecule has 0 saturated carbocycles. The molecule has 1 aromatic heterocycles. The molecule has 0 spiro atoms. The first-order valence-electron chi connectivity index (χ1n) is 10.5. The van der Waals surface area contributed by atoms with Crippen LogP contribution in [0.3, 0.4) is 0 Å². The predicted molar refractivity (Wildman–Crippen MR) is 122 cm³/mol. The molecule has 2 heterocycles. The number of anilines is 1. The molecule has 166 valence electrons. The molecule has 3 aromatic rings. The number of pyridine rings is 1. The zero-order valence-corrected chi connectivity index (χ0v) is 18.6. The average molecular weight is 452 g/mol. The molecule has 1 aliphatic rings. The maximum Gasteiger partial charge on any atom is 0.255 e. The van der Waals surface area contributed by atoms with Crippen LogP contribution in [0.25, 0.3) is 0 Å². The van der Waals surface area contributed by atoms with Gasteiger partial charge in [-0.15, -0.1) is 0 Å². The summed E-state index contributed by atoms with van der Waals surface area (Å²) in [5, 5.41) is 2.79. The Morgan fingerprint density at radius 1 is 1.09 bits per heavy atom. The minimum Gasteiger partial charge on any atom is -0.497 e. The number of amides is 1. The Balaban J connectivity index is 1.52. The van der Waals surface area contributed by atoms with Crippen LogP contribution in [0.2, 0.25) is 0 Å². The second kappa shape index (κ2) is 9.50. The summed E-state index contributed by atoms with van der Waals surface area (Å²) in [5.41, 5.74) is 1.87. The number of carbonyl (C=O) groups excluding carboxylic acids is 1. The molecule has 1 N–H and O–H groups in total. The third-order valence-corrected chi connectivity index (χ3v) is 7.50. The summed E-state index contributed by atoms with van der Waals surface area (Å²) in [5.74, 6) is 0.288. The van der Waals surface area contributed by atoms with Crippen molar-refractivity contribution in [3.8, 4) is 5.75 Å². The minimum atomic E-state index is -3.69. The van der Waals surface area contributed by atoms with E-state index < -0.39 is 10.0 Å². The number of nitrogens with one attached hydrogen (secondary N) is 1. The summed E-state index contributed by atoms with van der Waals surface area (Å²) in [4.78, 5) is 16.9. The van der Waals surface area contributed by atoms with E-state index in [1.165, 1.54) is 19.2 Å². The van der Waals surface area contributed by atoms with Gasteiger partial charge in [-0.25, -0.2) is 8.42 Å². The van der Waals surface area contributed by atoms with Crippen LogP contribution in [0.5, 0.6) is 5.75 Å². The minimum absolute atomic E-state index is 0.202. The van der Waals surface area contributed by atoms with Crippen molar-refractivity contribution in [2.24, 2.45) is 0 Å². The first-order chi connectivity index (χ1) is 15.5. The van der Waals surface area contributed by atoms with Gasteiger partial charge in [0.05, 0.1) is 18.0 Å². The number of hydrogen-bond acceptors (Lipinski definition) is 5. The van der Waals surface area contributed by atoms with Gasteiger partial charge in [0, 0.05) is 30.2 Å². The van der Waals surface area contributed by atoms with Gasteiger partial charge in [0.1, 0.15) is 5.75 Å². The molecule has 1 aliphatic heterocycles. The summed E-state index contributed by atoms with van der Waals surface area (Å²) in [6.07, 6.45) is 5.98. The van der Waals surface area contributed by atoms with Crippen molar-refractivity contribution in [3.63, 3.8) is 0 Å². The highest BCUT2D eigenvalue weighted by molar-refractivity contribution is 7.89. The number of sulfonamides is 1. The number of piperidine rings is 1. The number of hydrogen-bond donors (Lipinski definition) is 1. The van der Waals surface area contributed by atoms with Gasteiger partial charge in [-0.05, 0) is 66.9 Å². The van der Waals surface area contributed by atoms with E-state index in [-0.39, 0.29) is 16.8 Å². The number of aromatic nitrogens is 1. The van der Waals surface area contributed by atoms with Gasteiger partial charge < -0.3 is 10.1 Å². The van der Waals surface area contributed by atoms with Crippen LogP contribution < -0.4 is 10.1 Å². The van der Waals surface area contributed by atoms with E-state index >= 15 is 0 Å². The zero-order valence-electron chi connectivity index (χ0n) is 17.8. The van der Waals surface area contributed by atoms with E-state index in [0.29, 0.717) is 23.5 Å². The standard InChI is InChI=1S/C24H25N3O4S/c1-31-21-8-4-6-18(16-21)24(28)26-20-10-12-22(13-11-20)32(29,30)27-15-3-2-9-23(27)19-7-5-14-25-17-19/h4-8,10-14,16-17,23H,2-3,9,15H2,1H3,(H,26,28). The van der Waals surface area contributed by atoms with Crippen molar-refractivity contribution in [3.05, 3.63) is 84.2 Å². The fraction of sp³-hybridized carbons (Fsp3) is 0.250. The van der Waals surface area contributed by atoms with Gasteiger partial charge >= 0.3 is 0 Å². The number of ether oxygens (including phenoxy) is 1. The first kappa shape index (κ1) is 22.0. The highest BCUT2D eigenvalue weighted by Gasteiger charge is 2.34. The van der Waals surface area contributed by atoms with E-state index in [1.54, 1.807) is 53.1 Å². The first-order valence-corrected chi connectivity index (χ1v) is 11.9. The highest BCUT2D eigenvalue weighted by atomic mass is 32.2. The number of benzene rings is 2. The Bertz CT molecular complexity index is 1180. The molecule has 1 atom stereocenters. The third kappa shape index (κ3) is 4.66. The summed E-state index contributed by atoms with van der Waals surface area (Å²) in [7, 11) is -2.15. The van der Waals surface area contributed by atoms with Crippen LogP contribution in [-0.4, -0.2) is 37.3 Å². The molecule has 8 heteroatoms. The second-order valence-corrected chi connectivity index (χ2v) is 9.51. The van der Waals surface area contributed by atoms with Crippen molar-refractivity contribution < 1.29 is 17.9 Å². The number of nitrogens with zero attached hydrogens (tertiary/aromatic N) is 2. The summed E-state index contributed by atoms with van der Waals surface area (Å²) in [6, 6.07) is 16.6. The number of methoxy groups -OCH3 is 1. The molecule has 1 amide bonds. The molecular formula is C24H25N3O4S. The third-order valence-electron chi connectivity index (χ3n) is 5.57. The molecular weight excluding hydrogens is 426 g/mol. The SMILES string of the molecule is COc1cccc(C(=O)Nc2ccc(S(=O)(=O)N3CCCCC3c3cccnc3)cc2)c1. The van der Waals surface area contributed by atoms with Crippen molar-refractivity contribution in [2.75, 3.05) is 19.0 Å². The Hall–Kier alpha value is -3.23. The fourth-order valence-corrected chi connectivity index (χ4v) is 5.59. The summed E-state index contributed by atoms with van der Waals surface area (Å²) in [6.45, 7) is 0.468. The molecule has 4 rings (SSSR count). The summed E-state index contributed by atoms with van der Waals surface area (Å²) < 4.78 is 33.5. The van der Waals surface area contributed by atoms with Crippen molar-refractivity contribution in [2.45, 2.75) is 30.2 Å². The van der Waals surface area contributed by atoms with Gasteiger partial charge in [0.15, 0.2) is 0 Å². The van der Waals surface area contributed by atoms with E-state index in [9.17, 15) is 13.2 Å². The van der Waals surface area contributed by atoms with Crippen LogP contribution in [0.1, 0.15) is 41.2 Å².